The number of nitrogens with zero attached hydrogens (tertiary/aromatic N) is 2. The van der Waals surface area contributed by atoms with E-state index in [9.17, 15) is 0 Å². The van der Waals surface area contributed by atoms with Gasteiger partial charge in [-0.05, 0) is 30.3 Å². The zero-order valence-electron chi connectivity index (χ0n) is 12.2. The van der Waals surface area contributed by atoms with Gasteiger partial charge in [0.25, 0.3) is 0 Å². The molecule has 0 aliphatic carbocycles. The number of terminal acetylenes is 1. The van der Waals surface area contributed by atoms with Crippen molar-refractivity contribution in [3.05, 3.63) is 42.2 Å². The summed E-state index contributed by atoms with van der Waals surface area (Å²) in [6, 6.07) is 9.29. The zero-order valence-corrected chi connectivity index (χ0v) is 12.2. The normalized spacial score (nSPS) is 10.5. The zero-order chi connectivity index (χ0) is 15.4. The van der Waals surface area contributed by atoms with E-state index in [2.05, 4.69) is 21.2 Å². The van der Waals surface area contributed by atoms with Crippen LogP contribution in [0.2, 0.25) is 0 Å². The molecule has 0 saturated carbocycles. The predicted molar refractivity (Wildman–Crippen MR) is 85.5 cm³/mol. The average Bonchev–Trinajstić information content (AvgIpc) is 3.09. The molecule has 1 N–H and O–H groups in total. The Kier molecular flexibility index (Phi) is 4.03. The van der Waals surface area contributed by atoms with Crippen molar-refractivity contribution in [2.24, 2.45) is 0 Å². The molecule has 0 radical (unpaired) electrons. The van der Waals surface area contributed by atoms with Crippen molar-refractivity contribution >= 4 is 16.7 Å². The first-order valence-electron chi connectivity index (χ1n) is 6.87. The Labute approximate surface area is 128 Å². The third-order valence-corrected chi connectivity index (χ3v) is 3.20. The van der Waals surface area contributed by atoms with E-state index in [0.29, 0.717) is 30.6 Å². The highest BCUT2D eigenvalue weighted by molar-refractivity contribution is 5.91. The Morgan fingerprint density at radius 2 is 2.23 bits per heavy atom. The van der Waals surface area contributed by atoms with Gasteiger partial charge in [-0.15, -0.1) is 6.42 Å². The fourth-order valence-corrected chi connectivity index (χ4v) is 2.14. The van der Waals surface area contributed by atoms with Gasteiger partial charge >= 0.3 is 0 Å². The lowest BCUT2D eigenvalue weighted by atomic mass is 10.1. The molecule has 3 rings (SSSR count). The summed E-state index contributed by atoms with van der Waals surface area (Å²) in [5, 5.41) is 4.13. The smallest absolute Gasteiger partial charge is 0.198 e. The molecule has 0 aliphatic heterocycles. The molecule has 0 fully saturated rings. The summed E-state index contributed by atoms with van der Waals surface area (Å²) in [6.07, 6.45) is 7.07. The minimum Gasteiger partial charge on any atom is -0.461 e. The summed E-state index contributed by atoms with van der Waals surface area (Å²) in [6.45, 7) is 1.22. The van der Waals surface area contributed by atoms with Gasteiger partial charge in [0, 0.05) is 24.6 Å². The first kappa shape index (κ1) is 14.1. The first-order valence-corrected chi connectivity index (χ1v) is 6.87. The number of anilines is 1. The second-order valence-corrected chi connectivity index (χ2v) is 4.67. The minimum atomic E-state index is 0.533. The molecule has 110 valence electrons. The molecular weight excluding hydrogens is 278 g/mol. The highest BCUT2D eigenvalue weighted by Gasteiger charge is 2.11. The standard InChI is InChI=1S/C17H15N3O2/c1-3-12-6-7-14-13(11-12)16(18-8-10-21-2)20-17(19-14)15-5-4-9-22-15/h1,4-7,9,11H,8,10H2,2H3,(H,18,19,20). The second kappa shape index (κ2) is 6.29. The first-order chi connectivity index (χ1) is 10.8. The topological polar surface area (TPSA) is 60.2 Å². The van der Waals surface area contributed by atoms with E-state index >= 15 is 0 Å². The molecular formula is C17H15N3O2. The fourth-order valence-electron chi connectivity index (χ4n) is 2.14. The maximum Gasteiger partial charge on any atom is 0.198 e. The lowest BCUT2D eigenvalue weighted by molar-refractivity contribution is 0.210. The van der Waals surface area contributed by atoms with Crippen LogP contribution < -0.4 is 5.32 Å². The van der Waals surface area contributed by atoms with Crippen molar-refractivity contribution in [3.63, 3.8) is 0 Å². The van der Waals surface area contributed by atoms with E-state index in [1.807, 2.05) is 30.3 Å². The number of nitrogens with one attached hydrogen (secondary N) is 1. The van der Waals surface area contributed by atoms with Crippen LogP contribution in [0.3, 0.4) is 0 Å². The molecule has 1 aromatic carbocycles. The molecule has 3 aromatic rings. The number of benzene rings is 1. The Balaban J connectivity index is 2.11. The van der Waals surface area contributed by atoms with Crippen LogP contribution in [0.1, 0.15) is 5.56 Å². The SMILES string of the molecule is C#Cc1ccc2nc(-c3ccco3)nc(NCCOC)c2c1. The highest BCUT2D eigenvalue weighted by Crippen LogP contribution is 2.26. The summed E-state index contributed by atoms with van der Waals surface area (Å²) in [5.74, 6) is 4.50. The molecule has 0 saturated heterocycles. The van der Waals surface area contributed by atoms with Gasteiger partial charge in [-0.3, -0.25) is 0 Å². The van der Waals surface area contributed by atoms with Gasteiger partial charge in [-0.2, -0.15) is 0 Å². The Bertz CT molecular complexity index is 820. The monoisotopic (exact) mass is 293 g/mol. The predicted octanol–water partition coefficient (Wildman–Crippen LogP) is 2.93. The van der Waals surface area contributed by atoms with Crippen LogP contribution >= 0.6 is 0 Å². The number of ether oxygens (including phenoxy) is 1. The van der Waals surface area contributed by atoms with Gasteiger partial charge in [0.05, 0.1) is 18.4 Å². The van der Waals surface area contributed by atoms with Gasteiger partial charge in [0.2, 0.25) is 0 Å². The molecule has 2 heterocycles. The number of fused-ring (bicyclic) bond motifs is 1. The summed E-state index contributed by atoms with van der Waals surface area (Å²) in [4.78, 5) is 9.09. The maximum absolute atomic E-state index is 5.47. The molecule has 5 nitrogen and oxygen atoms in total. The molecule has 0 unspecified atom stereocenters. The third kappa shape index (κ3) is 2.78. The summed E-state index contributed by atoms with van der Waals surface area (Å²) < 4.78 is 10.5. The van der Waals surface area contributed by atoms with Crippen LogP contribution in [-0.2, 0) is 4.74 Å². The van der Waals surface area contributed by atoms with Gasteiger partial charge in [0.15, 0.2) is 11.6 Å². The lowest BCUT2D eigenvalue weighted by Crippen LogP contribution is -2.10. The van der Waals surface area contributed by atoms with Crippen LogP contribution in [-0.4, -0.2) is 30.2 Å². The maximum atomic E-state index is 5.47. The number of hydrogen-bond acceptors (Lipinski definition) is 5. The Morgan fingerprint density at radius 1 is 1.32 bits per heavy atom. The quantitative estimate of drug-likeness (QED) is 0.579. The lowest BCUT2D eigenvalue weighted by Gasteiger charge is -2.10. The molecule has 0 spiro atoms. The molecule has 5 heteroatoms. The van der Waals surface area contributed by atoms with Crippen molar-refractivity contribution in [1.82, 2.24) is 9.97 Å². The molecule has 0 amide bonds. The molecule has 0 bridgehead atoms. The minimum absolute atomic E-state index is 0.533. The number of hydrogen-bond donors (Lipinski definition) is 1. The van der Waals surface area contributed by atoms with Crippen molar-refractivity contribution in [1.29, 1.82) is 0 Å². The summed E-state index contributed by atoms with van der Waals surface area (Å²) in [7, 11) is 1.66. The van der Waals surface area contributed by atoms with Gasteiger partial charge in [-0.25, -0.2) is 9.97 Å². The van der Waals surface area contributed by atoms with E-state index in [1.165, 1.54) is 0 Å². The number of aromatic nitrogens is 2. The largest absolute Gasteiger partial charge is 0.461 e. The van der Waals surface area contributed by atoms with E-state index in [1.54, 1.807) is 13.4 Å². The number of furan rings is 1. The summed E-state index contributed by atoms with van der Waals surface area (Å²) in [5.41, 5.74) is 1.59. The van der Waals surface area contributed by atoms with Crippen LogP contribution in [0.25, 0.3) is 22.5 Å². The van der Waals surface area contributed by atoms with Crippen LogP contribution in [0.4, 0.5) is 5.82 Å². The molecule has 22 heavy (non-hydrogen) atoms. The Morgan fingerprint density at radius 3 is 2.95 bits per heavy atom. The fraction of sp³-hybridized carbons (Fsp3) is 0.176. The van der Waals surface area contributed by atoms with E-state index in [0.717, 1.165) is 16.5 Å². The number of rotatable bonds is 5. The van der Waals surface area contributed by atoms with Crippen molar-refractivity contribution < 1.29 is 9.15 Å². The Hall–Kier alpha value is -2.84. The second-order valence-electron chi connectivity index (χ2n) is 4.67. The van der Waals surface area contributed by atoms with Crippen molar-refractivity contribution in [2.45, 2.75) is 0 Å². The molecule has 2 aromatic heterocycles. The highest BCUT2D eigenvalue weighted by atomic mass is 16.5. The van der Waals surface area contributed by atoms with Crippen molar-refractivity contribution in [3.8, 4) is 23.9 Å². The molecule has 0 atom stereocenters. The van der Waals surface area contributed by atoms with E-state index in [-0.39, 0.29) is 0 Å². The van der Waals surface area contributed by atoms with Gasteiger partial charge in [0.1, 0.15) is 5.82 Å². The van der Waals surface area contributed by atoms with Gasteiger partial charge < -0.3 is 14.5 Å². The molecule has 0 aliphatic rings. The summed E-state index contributed by atoms with van der Waals surface area (Å²) >= 11 is 0. The third-order valence-electron chi connectivity index (χ3n) is 3.20. The van der Waals surface area contributed by atoms with Crippen molar-refractivity contribution in [2.75, 3.05) is 25.6 Å². The van der Waals surface area contributed by atoms with E-state index in [4.69, 9.17) is 15.6 Å². The van der Waals surface area contributed by atoms with Crippen LogP contribution in [0.15, 0.2) is 41.0 Å². The van der Waals surface area contributed by atoms with Crippen LogP contribution in [0.5, 0.6) is 0 Å². The van der Waals surface area contributed by atoms with Crippen LogP contribution in [0, 0.1) is 12.3 Å². The van der Waals surface area contributed by atoms with E-state index < -0.39 is 0 Å². The average molecular weight is 293 g/mol. The van der Waals surface area contributed by atoms with Gasteiger partial charge in [-0.1, -0.05) is 5.92 Å². The number of methoxy groups -OCH3 is 1.